The second kappa shape index (κ2) is 3.20. The van der Waals surface area contributed by atoms with Crippen LogP contribution in [-0.4, -0.2) is 12.2 Å². The smallest absolute Gasteiger partial charge is 0.274 e. The molecule has 0 aliphatic rings. The second-order valence-electron chi connectivity index (χ2n) is 2.74. The fourth-order valence-corrected chi connectivity index (χ4v) is 1.04. The number of alkyl halides is 2. The summed E-state index contributed by atoms with van der Waals surface area (Å²) in [6.07, 6.45) is 0. The zero-order valence-corrected chi connectivity index (χ0v) is 7.34. The normalized spacial score (nSPS) is 11.4. The molecule has 0 bridgehead atoms. The first kappa shape index (κ1) is 9.77. The summed E-state index contributed by atoms with van der Waals surface area (Å²) in [4.78, 5) is 0. The predicted molar refractivity (Wildman–Crippen MR) is 44.2 cm³/mol. The lowest BCUT2D eigenvalue weighted by molar-refractivity contribution is 0.0148. The summed E-state index contributed by atoms with van der Waals surface area (Å²) in [7, 11) is 1.31. The van der Waals surface area contributed by atoms with Crippen molar-refractivity contribution in [3.8, 4) is 11.5 Å². The maximum absolute atomic E-state index is 12.8. The third-order valence-electron chi connectivity index (χ3n) is 1.69. The van der Waals surface area contributed by atoms with Crippen LogP contribution in [0.3, 0.4) is 0 Å². The van der Waals surface area contributed by atoms with E-state index in [2.05, 4.69) is 0 Å². The average molecular weight is 188 g/mol. The highest BCUT2D eigenvalue weighted by atomic mass is 19.3. The van der Waals surface area contributed by atoms with Crippen molar-refractivity contribution in [3.63, 3.8) is 0 Å². The SMILES string of the molecule is COc1cccc(C(C)(F)F)c1O. The van der Waals surface area contributed by atoms with Crippen LogP contribution in [0.4, 0.5) is 8.78 Å². The van der Waals surface area contributed by atoms with Gasteiger partial charge in [-0.1, -0.05) is 6.07 Å². The number of rotatable bonds is 2. The van der Waals surface area contributed by atoms with Gasteiger partial charge in [-0.25, -0.2) is 8.78 Å². The van der Waals surface area contributed by atoms with Gasteiger partial charge in [0.1, 0.15) is 0 Å². The largest absolute Gasteiger partial charge is 0.504 e. The maximum Gasteiger partial charge on any atom is 0.274 e. The van der Waals surface area contributed by atoms with Crippen LogP contribution in [0.2, 0.25) is 0 Å². The average Bonchev–Trinajstić information content (AvgIpc) is 2.02. The van der Waals surface area contributed by atoms with Crippen molar-refractivity contribution in [3.05, 3.63) is 23.8 Å². The lowest BCUT2D eigenvalue weighted by Gasteiger charge is -2.13. The molecule has 0 saturated carbocycles. The molecule has 1 rings (SSSR count). The monoisotopic (exact) mass is 188 g/mol. The molecule has 0 fully saturated rings. The molecule has 0 spiro atoms. The van der Waals surface area contributed by atoms with E-state index in [-0.39, 0.29) is 5.75 Å². The summed E-state index contributed by atoms with van der Waals surface area (Å²) in [5, 5.41) is 9.32. The van der Waals surface area contributed by atoms with Gasteiger partial charge in [0.25, 0.3) is 5.92 Å². The molecule has 0 heterocycles. The zero-order chi connectivity index (χ0) is 10.1. The highest BCUT2D eigenvalue weighted by molar-refractivity contribution is 5.47. The minimum absolute atomic E-state index is 0.0547. The minimum atomic E-state index is -3.06. The molecule has 13 heavy (non-hydrogen) atoms. The van der Waals surface area contributed by atoms with Gasteiger partial charge < -0.3 is 9.84 Å². The molecule has 0 aromatic heterocycles. The molecule has 0 aliphatic heterocycles. The summed E-state index contributed by atoms with van der Waals surface area (Å²) in [6.45, 7) is 0.724. The summed E-state index contributed by atoms with van der Waals surface area (Å²) >= 11 is 0. The highest BCUT2D eigenvalue weighted by Gasteiger charge is 2.29. The molecular formula is C9H10F2O2. The van der Waals surface area contributed by atoms with Gasteiger partial charge in [0.05, 0.1) is 12.7 Å². The molecule has 72 valence electrons. The summed E-state index contributed by atoms with van der Waals surface area (Å²) in [6, 6.07) is 3.99. The number of phenolic OH excluding ortho intramolecular Hbond substituents is 1. The number of ether oxygens (including phenoxy) is 1. The number of phenols is 1. The number of hydrogen-bond donors (Lipinski definition) is 1. The molecule has 0 radical (unpaired) electrons. The van der Waals surface area contributed by atoms with Gasteiger partial charge in [-0.2, -0.15) is 0 Å². The summed E-state index contributed by atoms with van der Waals surface area (Å²) < 4.78 is 30.3. The van der Waals surface area contributed by atoms with Crippen LogP contribution in [0, 0.1) is 0 Å². The maximum atomic E-state index is 12.8. The van der Waals surface area contributed by atoms with Gasteiger partial charge in [-0.3, -0.25) is 0 Å². The van der Waals surface area contributed by atoms with Gasteiger partial charge >= 0.3 is 0 Å². The van der Waals surface area contributed by atoms with Crippen LogP contribution >= 0.6 is 0 Å². The predicted octanol–water partition coefficient (Wildman–Crippen LogP) is 2.51. The van der Waals surface area contributed by atoms with Gasteiger partial charge in [-0.15, -0.1) is 0 Å². The van der Waals surface area contributed by atoms with Crippen molar-refractivity contribution >= 4 is 0 Å². The third-order valence-corrected chi connectivity index (χ3v) is 1.69. The Labute approximate surface area is 74.8 Å². The molecule has 1 aromatic rings. The molecule has 4 heteroatoms. The summed E-state index contributed by atoms with van der Waals surface area (Å²) in [5.74, 6) is -3.50. The van der Waals surface area contributed by atoms with Crippen molar-refractivity contribution in [2.45, 2.75) is 12.8 Å². The Bertz CT molecular complexity index is 305. The minimum Gasteiger partial charge on any atom is -0.504 e. The quantitative estimate of drug-likeness (QED) is 0.772. The van der Waals surface area contributed by atoms with Crippen LogP contribution in [-0.2, 0) is 5.92 Å². The standard InChI is InChI=1S/C9H10F2O2/c1-9(10,11)6-4-3-5-7(13-2)8(6)12/h3-5,12H,1-2H3. The van der Waals surface area contributed by atoms with Crippen LogP contribution < -0.4 is 4.74 Å². The summed E-state index contributed by atoms with van der Waals surface area (Å²) in [5.41, 5.74) is -0.424. The van der Waals surface area contributed by atoms with E-state index in [0.29, 0.717) is 0 Å². The molecule has 2 nitrogen and oxygen atoms in total. The Morgan fingerprint density at radius 2 is 2.00 bits per heavy atom. The number of aromatic hydroxyl groups is 1. The van der Waals surface area contributed by atoms with Crippen molar-refractivity contribution in [1.82, 2.24) is 0 Å². The van der Waals surface area contributed by atoms with Crippen molar-refractivity contribution < 1.29 is 18.6 Å². The van der Waals surface area contributed by atoms with E-state index in [1.54, 1.807) is 0 Å². The number of halogens is 2. The number of para-hydroxylation sites is 1. The van der Waals surface area contributed by atoms with Gasteiger partial charge in [0.15, 0.2) is 11.5 Å². The number of benzene rings is 1. The van der Waals surface area contributed by atoms with E-state index < -0.39 is 17.2 Å². The van der Waals surface area contributed by atoms with E-state index in [9.17, 15) is 13.9 Å². The van der Waals surface area contributed by atoms with E-state index in [1.165, 1.54) is 19.2 Å². The van der Waals surface area contributed by atoms with Crippen LogP contribution in [0.5, 0.6) is 11.5 Å². The van der Waals surface area contributed by atoms with E-state index >= 15 is 0 Å². The molecular weight excluding hydrogens is 178 g/mol. The lowest BCUT2D eigenvalue weighted by Crippen LogP contribution is -2.07. The van der Waals surface area contributed by atoms with Crippen molar-refractivity contribution in [2.24, 2.45) is 0 Å². The fraction of sp³-hybridized carbons (Fsp3) is 0.333. The van der Waals surface area contributed by atoms with E-state index in [4.69, 9.17) is 4.74 Å². The lowest BCUT2D eigenvalue weighted by atomic mass is 10.1. The fourth-order valence-electron chi connectivity index (χ4n) is 1.04. The van der Waals surface area contributed by atoms with Crippen LogP contribution in [0.15, 0.2) is 18.2 Å². The van der Waals surface area contributed by atoms with Gasteiger partial charge in [0, 0.05) is 6.92 Å². The van der Waals surface area contributed by atoms with Crippen LogP contribution in [0.1, 0.15) is 12.5 Å². The molecule has 0 amide bonds. The molecule has 1 N–H and O–H groups in total. The first-order valence-electron chi connectivity index (χ1n) is 3.71. The first-order valence-corrected chi connectivity index (χ1v) is 3.71. The molecule has 0 aliphatic carbocycles. The molecule has 0 atom stereocenters. The molecule has 0 unspecified atom stereocenters. The number of hydrogen-bond acceptors (Lipinski definition) is 2. The topological polar surface area (TPSA) is 29.5 Å². The van der Waals surface area contributed by atoms with Crippen molar-refractivity contribution in [2.75, 3.05) is 7.11 Å². The second-order valence-corrected chi connectivity index (χ2v) is 2.74. The Morgan fingerprint density at radius 1 is 1.38 bits per heavy atom. The van der Waals surface area contributed by atoms with E-state index in [0.717, 1.165) is 13.0 Å². The molecule has 0 saturated heterocycles. The van der Waals surface area contributed by atoms with Crippen molar-refractivity contribution in [1.29, 1.82) is 0 Å². The Hall–Kier alpha value is -1.32. The Kier molecular flexibility index (Phi) is 2.40. The van der Waals surface area contributed by atoms with Gasteiger partial charge in [0.2, 0.25) is 0 Å². The Morgan fingerprint density at radius 3 is 2.46 bits per heavy atom. The molecule has 1 aromatic carbocycles. The van der Waals surface area contributed by atoms with E-state index in [1.807, 2.05) is 0 Å². The number of methoxy groups -OCH3 is 1. The van der Waals surface area contributed by atoms with Gasteiger partial charge in [-0.05, 0) is 12.1 Å². The third kappa shape index (κ3) is 1.88. The first-order chi connectivity index (χ1) is 5.96. The van der Waals surface area contributed by atoms with Crippen LogP contribution in [0.25, 0.3) is 0 Å². The Balaban J connectivity index is 3.24. The highest BCUT2D eigenvalue weighted by Crippen LogP contribution is 2.38. The zero-order valence-electron chi connectivity index (χ0n) is 7.34.